The maximum absolute atomic E-state index is 3.69. The predicted molar refractivity (Wildman–Crippen MR) is 69.7 cm³/mol. The summed E-state index contributed by atoms with van der Waals surface area (Å²) in [6.07, 6.45) is 2.70. The van der Waals surface area contributed by atoms with Gasteiger partial charge in [-0.15, -0.1) is 0 Å². The van der Waals surface area contributed by atoms with Crippen molar-refractivity contribution in [3.05, 3.63) is 35.9 Å². The predicted octanol–water partition coefficient (Wildman–Crippen LogP) is 3.35. The molecule has 0 heterocycles. The topological polar surface area (TPSA) is 12.0 Å². The largest absolute Gasteiger partial charge is 0.313 e. The minimum atomic E-state index is 0.236. The Labute approximate surface area is 99.3 Å². The van der Waals surface area contributed by atoms with Crippen molar-refractivity contribution in [3.8, 4) is 0 Å². The van der Waals surface area contributed by atoms with Gasteiger partial charge in [0.15, 0.2) is 0 Å². The molecule has 1 saturated carbocycles. The normalized spacial score (nSPS) is 25.2. The molecule has 0 amide bonds. The Morgan fingerprint density at radius 2 is 1.81 bits per heavy atom. The number of benzene rings is 1. The highest BCUT2D eigenvalue weighted by molar-refractivity contribution is 5.23. The summed E-state index contributed by atoms with van der Waals surface area (Å²) >= 11 is 0. The summed E-state index contributed by atoms with van der Waals surface area (Å²) < 4.78 is 0. The average Bonchev–Trinajstić information content (AvgIpc) is 2.24. The van der Waals surface area contributed by atoms with Crippen molar-refractivity contribution in [2.24, 2.45) is 5.92 Å². The Hall–Kier alpha value is -0.820. The summed E-state index contributed by atoms with van der Waals surface area (Å²) in [4.78, 5) is 0. The van der Waals surface area contributed by atoms with Crippen LogP contribution in [0.3, 0.4) is 0 Å². The van der Waals surface area contributed by atoms with Crippen LogP contribution < -0.4 is 5.32 Å². The lowest BCUT2D eigenvalue weighted by Gasteiger charge is -2.36. The first kappa shape index (κ1) is 11.7. The Morgan fingerprint density at radius 1 is 1.19 bits per heavy atom. The first-order valence-corrected chi connectivity index (χ1v) is 6.37. The van der Waals surface area contributed by atoms with Gasteiger partial charge in [0.05, 0.1) is 0 Å². The molecule has 88 valence electrons. The lowest BCUT2D eigenvalue weighted by molar-refractivity contribution is 0.229. The van der Waals surface area contributed by atoms with Crippen LogP contribution in [0.2, 0.25) is 0 Å². The van der Waals surface area contributed by atoms with Crippen molar-refractivity contribution in [1.29, 1.82) is 0 Å². The third kappa shape index (κ3) is 2.65. The van der Waals surface area contributed by atoms with Crippen LogP contribution in [0.25, 0.3) is 0 Å². The van der Waals surface area contributed by atoms with Gasteiger partial charge in [-0.1, -0.05) is 51.1 Å². The standard InChI is InChI=1S/C15H23N/c1-12-9-14(10-12)16-11-15(2,3)13-7-5-4-6-8-13/h4-8,12,14,16H,9-11H2,1-3H3. The van der Waals surface area contributed by atoms with Crippen LogP contribution in [0.5, 0.6) is 0 Å². The van der Waals surface area contributed by atoms with Crippen LogP contribution in [-0.4, -0.2) is 12.6 Å². The van der Waals surface area contributed by atoms with Crippen LogP contribution in [-0.2, 0) is 5.41 Å². The van der Waals surface area contributed by atoms with Gasteiger partial charge in [-0.25, -0.2) is 0 Å². The summed E-state index contributed by atoms with van der Waals surface area (Å²) in [6.45, 7) is 8.05. The van der Waals surface area contributed by atoms with E-state index < -0.39 is 0 Å². The molecule has 0 saturated heterocycles. The second kappa shape index (κ2) is 4.58. The zero-order valence-corrected chi connectivity index (χ0v) is 10.7. The van der Waals surface area contributed by atoms with Crippen LogP contribution >= 0.6 is 0 Å². The van der Waals surface area contributed by atoms with Gasteiger partial charge in [-0.2, -0.15) is 0 Å². The molecule has 1 aromatic rings. The zero-order chi connectivity index (χ0) is 11.6. The highest BCUT2D eigenvalue weighted by Gasteiger charge is 2.27. The van der Waals surface area contributed by atoms with E-state index in [1.807, 2.05) is 0 Å². The Bertz CT molecular complexity index is 323. The van der Waals surface area contributed by atoms with E-state index in [2.05, 4.69) is 56.4 Å². The maximum Gasteiger partial charge on any atom is 0.00725 e. The molecule has 0 aliphatic heterocycles. The van der Waals surface area contributed by atoms with Crippen LogP contribution in [0.4, 0.5) is 0 Å². The molecule has 0 bridgehead atoms. The molecule has 2 rings (SSSR count). The van der Waals surface area contributed by atoms with E-state index in [1.54, 1.807) is 0 Å². The minimum absolute atomic E-state index is 0.236. The van der Waals surface area contributed by atoms with E-state index in [4.69, 9.17) is 0 Å². The van der Waals surface area contributed by atoms with E-state index in [1.165, 1.54) is 18.4 Å². The molecule has 1 fully saturated rings. The lowest BCUT2D eigenvalue weighted by Crippen LogP contribution is -2.45. The summed E-state index contributed by atoms with van der Waals surface area (Å²) in [6, 6.07) is 11.6. The fraction of sp³-hybridized carbons (Fsp3) is 0.600. The SMILES string of the molecule is CC1CC(NCC(C)(C)c2ccccc2)C1. The van der Waals surface area contributed by atoms with Gasteiger partial charge < -0.3 is 5.32 Å². The van der Waals surface area contributed by atoms with Crippen molar-refractivity contribution in [2.45, 2.75) is 45.1 Å². The quantitative estimate of drug-likeness (QED) is 0.815. The van der Waals surface area contributed by atoms with Crippen LogP contribution in [0.15, 0.2) is 30.3 Å². The molecular weight excluding hydrogens is 194 g/mol. The van der Waals surface area contributed by atoms with Gasteiger partial charge in [0.2, 0.25) is 0 Å². The van der Waals surface area contributed by atoms with Crippen LogP contribution in [0.1, 0.15) is 39.2 Å². The number of hydrogen-bond acceptors (Lipinski definition) is 1. The molecule has 0 unspecified atom stereocenters. The van der Waals surface area contributed by atoms with Crippen LogP contribution in [0, 0.1) is 5.92 Å². The van der Waals surface area contributed by atoms with Gasteiger partial charge in [-0.3, -0.25) is 0 Å². The van der Waals surface area contributed by atoms with Gasteiger partial charge >= 0.3 is 0 Å². The molecule has 1 aliphatic carbocycles. The van der Waals surface area contributed by atoms with E-state index in [0.717, 1.165) is 18.5 Å². The number of rotatable bonds is 4. The van der Waals surface area contributed by atoms with E-state index >= 15 is 0 Å². The van der Waals surface area contributed by atoms with Crippen molar-refractivity contribution in [3.63, 3.8) is 0 Å². The molecule has 16 heavy (non-hydrogen) atoms. The molecule has 0 spiro atoms. The number of nitrogens with one attached hydrogen (secondary N) is 1. The van der Waals surface area contributed by atoms with Gasteiger partial charge in [-0.05, 0) is 24.3 Å². The first-order valence-electron chi connectivity index (χ1n) is 6.37. The molecule has 0 atom stereocenters. The monoisotopic (exact) mass is 217 g/mol. The molecular formula is C15H23N. The zero-order valence-electron chi connectivity index (χ0n) is 10.7. The van der Waals surface area contributed by atoms with Crippen molar-refractivity contribution < 1.29 is 0 Å². The molecule has 1 N–H and O–H groups in total. The second-order valence-electron chi connectivity index (χ2n) is 5.90. The van der Waals surface area contributed by atoms with Gasteiger partial charge in [0.25, 0.3) is 0 Å². The summed E-state index contributed by atoms with van der Waals surface area (Å²) in [5.74, 6) is 0.928. The van der Waals surface area contributed by atoms with Crippen molar-refractivity contribution in [1.82, 2.24) is 5.32 Å². The first-order chi connectivity index (χ1) is 7.58. The molecule has 0 radical (unpaired) electrons. The van der Waals surface area contributed by atoms with Crippen molar-refractivity contribution in [2.75, 3.05) is 6.54 Å². The van der Waals surface area contributed by atoms with E-state index in [9.17, 15) is 0 Å². The maximum atomic E-state index is 3.69. The minimum Gasteiger partial charge on any atom is -0.313 e. The smallest absolute Gasteiger partial charge is 0.00725 e. The Balaban J connectivity index is 1.88. The molecule has 1 nitrogen and oxygen atoms in total. The molecule has 1 aliphatic rings. The fourth-order valence-corrected chi connectivity index (χ4v) is 2.46. The summed E-state index contributed by atoms with van der Waals surface area (Å²) in [7, 11) is 0. The van der Waals surface area contributed by atoms with E-state index in [0.29, 0.717) is 0 Å². The summed E-state index contributed by atoms with van der Waals surface area (Å²) in [5.41, 5.74) is 1.66. The lowest BCUT2D eigenvalue weighted by atomic mass is 9.80. The molecule has 0 aromatic heterocycles. The third-order valence-electron chi connectivity index (χ3n) is 3.76. The Kier molecular flexibility index (Phi) is 3.34. The average molecular weight is 217 g/mol. The third-order valence-corrected chi connectivity index (χ3v) is 3.76. The van der Waals surface area contributed by atoms with E-state index in [-0.39, 0.29) is 5.41 Å². The number of hydrogen-bond donors (Lipinski definition) is 1. The van der Waals surface area contributed by atoms with Crippen molar-refractivity contribution >= 4 is 0 Å². The van der Waals surface area contributed by atoms with Gasteiger partial charge in [0.1, 0.15) is 0 Å². The Morgan fingerprint density at radius 3 is 2.38 bits per heavy atom. The highest BCUT2D eigenvalue weighted by Crippen LogP contribution is 2.28. The fourth-order valence-electron chi connectivity index (χ4n) is 2.46. The second-order valence-corrected chi connectivity index (χ2v) is 5.90. The highest BCUT2D eigenvalue weighted by atomic mass is 14.9. The van der Waals surface area contributed by atoms with Gasteiger partial charge in [0, 0.05) is 18.0 Å². The summed E-state index contributed by atoms with van der Waals surface area (Å²) in [5, 5.41) is 3.69. The molecule has 1 heteroatoms. The molecule has 1 aromatic carbocycles.